The van der Waals surface area contributed by atoms with Crippen molar-refractivity contribution in [1.82, 2.24) is 0 Å². The maximum Gasteiger partial charge on any atom is 1.00 e. The van der Waals surface area contributed by atoms with Crippen LogP contribution in [0, 0.1) is 7.43 Å². The first-order valence-corrected chi connectivity index (χ1v) is 2.24. The molecule has 0 saturated carbocycles. The van der Waals surface area contributed by atoms with Crippen molar-refractivity contribution in [3.63, 3.8) is 0 Å². The molecule has 2 atom stereocenters. The minimum Gasteiger partial charge on any atom is -0.479 e. The van der Waals surface area contributed by atoms with E-state index in [4.69, 9.17) is 10.2 Å². The standard InChI is InChI=1S/C4H4O5.CH3.K/c5-3(6)1-2(9-1)4(7)8;;/h1-2H,(H,5,6)(H,7,8);1H3;/q;-1;+1. The number of hydrogen-bond donors (Lipinski definition) is 2. The number of rotatable bonds is 2. The second kappa shape index (κ2) is 5.23. The number of carbonyl (C=O) groups is 2. The van der Waals surface area contributed by atoms with Crippen molar-refractivity contribution in [2.75, 3.05) is 0 Å². The van der Waals surface area contributed by atoms with E-state index in [2.05, 4.69) is 4.74 Å². The molecule has 0 bridgehead atoms. The average Bonchev–Trinajstić information content (AvgIpc) is 2.39. The van der Waals surface area contributed by atoms with Gasteiger partial charge >= 0.3 is 63.3 Å². The first kappa shape index (κ1) is 14.1. The van der Waals surface area contributed by atoms with Gasteiger partial charge in [0.15, 0.2) is 12.2 Å². The Bertz CT molecular complexity index is 150. The SMILES string of the molecule is O=C(O)C1OC1C(=O)O.[CH3-].[K+]. The Hall–Kier alpha value is 0.536. The third kappa shape index (κ3) is 3.63. The molecule has 2 N–H and O–H groups in total. The van der Waals surface area contributed by atoms with Gasteiger partial charge in [-0.1, -0.05) is 0 Å². The van der Waals surface area contributed by atoms with E-state index < -0.39 is 24.1 Å². The zero-order valence-electron chi connectivity index (χ0n) is 6.27. The topological polar surface area (TPSA) is 87.1 Å². The van der Waals surface area contributed by atoms with Gasteiger partial charge in [0.05, 0.1) is 0 Å². The van der Waals surface area contributed by atoms with E-state index in [-0.39, 0.29) is 58.8 Å². The largest absolute Gasteiger partial charge is 1.00 e. The van der Waals surface area contributed by atoms with Gasteiger partial charge in [-0.15, -0.1) is 0 Å². The normalized spacial score (nSPS) is 25.8. The second-order valence-electron chi connectivity index (χ2n) is 1.65. The van der Waals surface area contributed by atoms with Crippen LogP contribution in [0.3, 0.4) is 0 Å². The van der Waals surface area contributed by atoms with Gasteiger partial charge in [-0.25, -0.2) is 9.59 Å². The average molecular weight is 186 g/mol. The van der Waals surface area contributed by atoms with E-state index in [0.717, 1.165) is 0 Å². The predicted molar refractivity (Wildman–Crippen MR) is 30.3 cm³/mol. The third-order valence-corrected chi connectivity index (χ3v) is 0.978. The molecule has 0 spiro atoms. The van der Waals surface area contributed by atoms with Crippen LogP contribution in [0.25, 0.3) is 0 Å². The molecule has 1 aliphatic heterocycles. The predicted octanol–water partition coefficient (Wildman–Crippen LogP) is -3.62. The molecule has 0 aromatic carbocycles. The van der Waals surface area contributed by atoms with E-state index >= 15 is 0 Å². The van der Waals surface area contributed by atoms with Crippen molar-refractivity contribution in [3.8, 4) is 0 Å². The summed E-state index contributed by atoms with van der Waals surface area (Å²) in [6.07, 6.45) is -2.25. The number of hydrogen-bond acceptors (Lipinski definition) is 3. The van der Waals surface area contributed by atoms with Crippen LogP contribution in [0.2, 0.25) is 0 Å². The molecule has 0 aromatic heterocycles. The van der Waals surface area contributed by atoms with Gasteiger partial charge in [0.2, 0.25) is 0 Å². The van der Waals surface area contributed by atoms with Crippen molar-refractivity contribution in [1.29, 1.82) is 0 Å². The fourth-order valence-corrected chi connectivity index (χ4v) is 0.488. The molecule has 1 rings (SSSR count). The molecule has 0 radical (unpaired) electrons. The third-order valence-electron chi connectivity index (χ3n) is 0.978. The van der Waals surface area contributed by atoms with Gasteiger partial charge in [0, 0.05) is 0 Å². The molecule has 0 aromatic rings. The van der Waals surface area contributed by atoms with Crippen molar-refractivity contribution in [3.05, 3.63) is 7.43 Å². The zero-order valence-corrected chi connectivity index (χ0v) is 9.40. The van der Waals surface area contributed by atoms with Crippen LogP contribution < -0.4 is 51.4 Å². The van der Waals surface area contributed by atoms with E-state index in [9.17, 15) is 9.59 Å². The minimum absolute atomic E-state index is 0. The van der Waals surface area contributed by atoms with Crippen molar-refractivity contribution in [2.24, 2.45) is 0 Å². The summed E-state index contributed by atoms with van der Waals surface area (Å²) < 4.78 is 4.24. The minimum atomic E-state index is -1.22. The summed E-state index contributed by atoms with van der Waals surface area (Å²) >= 11 is 0. The van der Waals surface area contributed by atoms with Crippen LogP contribution >= 0.6 is 0 Å². The maximum absolute atomic E-state index is 9.89. The maximum atomic E-state index is 9.89. The monoisotopic (exact) mass is 186 g/mol. The quantitative estimate of drug-likeness (QED) is 0.264. The molecule has 58 valence electrons. The molecule has 1 aliphatic rings. The number of aliphatic carboxylic acids is 2. The molecular formula is C5H7KO5. The summed E-state index contributed by atoms with van der Waals surface area (Å²) in [7, 11) is 0. The first-order valence-electron chi connectivity index (χ1n) is 2.24. The molecule has 1 fully saturated rings. The van der Waals surface area contributed by atoms with Crippen molar-refractivity contribution in [2.45, 2.75) is 12.2 Å². The molecule has 2 unspecified atom stereocenters. The number of epoxide rings is 1. The summed E-state index contributed by atoms with van der Waals surface area (Å²) in [5, 5.41) is 16.2. The van der Waals surface area contributed by atoms with Crippen LogP contribution in [0.15, 0.2) is 0 Å². The first-order chi connectivity index (χ1) is 4.13. The van der Waals surface area contributed by atoms with Gasteiger partial charge in [0.25, 0.3) is 0 Å². The van der Waals surface area contributed by atoms with Crippen LogP contribution in [-0.4, -0.2) is 34.4 Å². The number of carboxylic acid groups (broad SMARTS) is 2. The smallest absolute Gasteiger partial charge is 0.479 e. The molecule has 6 heteroatoms. The summed E-state index contributed by atoms with van der Waals surface area (Å²) in [6.45, 7) is 0. The van der Waals surface area contributed by atoms with Crippen LogP contribution in [0.4, 0.5) is 0 Å². The fraction of sp³-hybridized carbons (Fsp3) is 0.400. The Morgan fingerprint density at radius 3 is 1.45 bits per heavy atom. The zero-order chi connectivity index (χ0) is 7.02. The molecule has 0 amide bonds. The summed E-state index contributed by atoms with van der Waals surface area (Å²) in [4.78, 5) is 19.8. The number of ether oxygens (including phenoxy) is 1. The Morgan fingerprint density at radius 2 is 1.36 bits per heavy atom. The van der Waals surface area contributed by atoms with Gasteiger partial charge < -0.3 is 22.4 Å². The number of carboxylic acids is 2. The van der Waals surface area contributed by atoms with Crippen LogP contribution in [0.5, 0.6) is 0 Å². The molecule has 0 aliphatic carbocycles. The Morgan fingerprint density at radius 1 is 1.09 bits per heavy atom. The molecule has 1 saturated heterocycles. The summed E-state index contributed by atoms with van der Waals surface area (Å²) in [6, 6.07) is 0. The molecule has 1 heterocycles. The van der Waals surface area contributed by atoms with Gasteiger partial charge in [-0.05, 0) is 0 Å². The van der Waals surface area contributed by atoms with E-state index in [1.807, 2.05) is 0 Å². The van der Waals surface area contributed by atoms with Crippen molar-refractivity contribution < 1.29 is 75.9 Å². The second-order valence-corrected chi connectivity index (χ2v) is 1.65. The van der Waals surface area contributed by atoms with E-state index in [0.29, 0.717) is 0 Å². The van der Waals surface area contributed by atoms with Crippen LogP contribution in [0.1, 0.15) is 0 Å². The summed E-state index contributed by atoms with van der Waals surface area (Å²) in [5.41, 5.74) is 0. The van der Waals surface area contributed by atoms with Crippen LogP contribution in [-0.2, 0) is 14.3 Å². The van der Waals surface area contributed by atoms with Crippen molar-refractivity contribution >= 4 is 11.9 Å². The fourth-order valence-electron chi connectivity index (χ4n) is 0.488. The van der Waals surface area contributed by atoms with E-state index in [1.165, 1.54) is 0 Å². The Kier molecular flexibility index (Phi) is 6.69. The Labute approximate surface area is 106 Å². The van der Waals surface area contributed by atoms with E-state index in [1.54, 1.807) is 0 Å². The molecule has 11 heavy (non-hydrogen) atoms. The van der Waals surface area contributed by atoms with Gasteiger partial charge in [-0.2, -0.15) is 0 Å². The summed E-state index contributed by atoms with van der Waals surface area (Å²) in [5.74, 6) is -2.44. The molecule has 5 nitrogen and oxygen atoms in total. The molecular weight excluding hydrogens is 179 g/mol. The Balaban J connectivity index is 0. The van der Waals surface area contributed by atoms with Gasteiger partial charge in [-0.3, -0.25) is 0 Å². The van der Waals surface area contributed by atoms with Gasteiger partial charge in [0.1, 0.15) is 0 Å².